The SMILES string of the molecule is CCCC1=NC[C@H](C)N1CCc1cccnc1. The average molecular weight is 231 g/mol. The second kappa shape index (κ2) is 5.80. The minimum absolute atomic E-state index is 0.563. The van der Waals surface area contributed by atoms with Crippen molar-refractivity contribution in [3.05, 3.63) is 30.1 Å². The van der Waals surface area contributed by atoms with Gasteiger partial charge >= 0.3 is 0 Å². The summed E-state index contributed by atoms with van der Waals surface area (Å²) in [5.41, 5.74) is 1.31. The fourth-order valence-electron chi connectivity index (χ4n) is 2.27. The lowest BCUT2D eigenvalue weighted by atomic mass is 10.1. The fraction of sp³-hybridized carbons (Fsp3) is 0.571. The van der Waals surface area contributed by atoms with Gasteiger partial charge in [0.2, 0.25) is 0 Å². The lowest BCUT2D eigenvalue weighted by Gasteiger charge is -2.25. The molecule has 17 heavy (non-hydrogen) atoms. The van der Waals surface area contributed by atoms with Crippen LogP contribution in [0.4, 0.5) is 0 Å². The largest absolute Gasteiger partial charge is 0.355 e. The zero-order chi connectivity index (χ0) is 12.1. The quantitative estimate of drug-likeness (QED) is 0.779. The molecule has 0 spiro atoms. The molecule has 0 radical (unpaired) electrons. The third-order valence-electron chi connectivity index (χ3n) is 3.24. The number of aliphatic imine (C=N–C) groups is 1. The first-order valence-corrected chi connectivity index (χ1v) is 6.50. The first kappa shape index (κ1) is 12.1. The van der Waals surface area contributed by atoms with E-state index in [1.165, 1.54) is 17.8 Å². The summed E-state index contributed by atoms with van der Waals surface area (Å²) in [6.45, 7) is 6.49. The van der Waals surface area contributed by atoms with E-state index in [2.05, 4.69) is 34.8 Å². The summed E-state index contributed by atoms with van der Waals surface area (Å²) in [5, 5.41) is 0. The van der Waals surface area contributed by atoms with Crippen LogP contribution in [0.25, 0.3) is 0 Å². The summed E-state index contributed by atoms with van der Waals surface area (Å²) in [4.78, 5) is 11.2. The molecule has 92 valence electrons. The molecule has 0 saturated carbocycles. The number of amidine groups is 1. The van der Waals surface area contributed by atoms with Crippen LogP contribution >= 0.6 is 0 Å². The van der Waals surface area contributed by atoms with E-state index in [4.69, 9.17) is 0 Å². The zero-order valence-corrected chi connectivity index (χ0v) is 10.8. The molecule has 0 N–H and O–H groups in total. The van der Waals surface area contributed by atoms with Gasteiger partial charge in [-0.05, 0) is 31.4 Å². The van der Waals surface area contributed by atoms with Crippen molar-refractivity contribution in [2.24, 2.45) is 4.99 Å². The first-order chi connectivity index (χ1) is 8.31. The Morgan fingerprint density at radius 3 is 3.00 bits per heavy atom. The summed E-state index contributed by atoms with van der Waals surface area (Å²) in [5.74, 6) is 1.30. The van der Waals surface area contributed by atoms with Gasteiger partial charge < -0.3 is 4.90 Å². The Kier molecular flexibility index (Phi) is 4.13. The molecule has 2 rings (SSSR count). The first-order valence-electron chi connectivity index (χ1n) is 6.50. The van der Waals surface area contributed by atoms with Crippen LogP contribution in [0.2, 0.25) is 0 Å². The van der Waals surface area contributed by atoms with Gasteiger partial charge in [0, 0.05) is 31.4 Å². The van der Waals surface area contributed by atoms with Crippen molar-refractivity contribution >= 4 is 5.84 Å². The van der Waals surface area contributed by atoms with Gasteiger partial charge in [-0.3, -0.25) is 9.98 Å². The van der Waals surface area contributed by atoms with Crippen molar-refractivity contribution in [1.82, 2.24) is 9.88 Å². The van der Waals surface area contributed by atoms with E-state index in [-0.39, 0.29) is 0 Å². The highest BCUT2D eigenvalue weighted by Gasteiger charge is 2.22. The van der Waals surface area contributed by atoms with E-state index in [0.717, 1.165) is 25.9 Å². The Balaban J connectivity index is 1.91. The lowest BCUT2D eigenvalue weighted by Crippen LogP contribution is -2.36. The Hall–Kier alpha value is -1.38. The number of pyridine rings is 1. The zero-order valence-electron chi connectivity index (χ0n) is 10.8. The molecular formula is C14H21N3. The minimum atomic E-state index is 0.563. The van der Waals surface area contributed by atoms with Gasteiger partial charge in [-0.1, -0.05) is 13.0 Å². The van der Waals surface area contributed by atoms with Gasteiger partial charge in [0.05, 0.1) is 12.4 Å². The van der Waals surface area contributed by atoms with Crippen LogP contribution in [-0.2, 0) is 6.42 Å². The summed E-state index contributed by atoms with van der Waals surface area (Å²) < 4.78 is 0. The second-order valence-corrected chi connectivity index (χ2v) is 4.66. The van der Waals surface area contributed by atoms with Crippen LogP contribution in [-0.4, -0.2) is 34.9 Å². The van der Waals surface area contributed by atoms with Crippen LogP contribution in [0.3, 0.4) is 0 Å². The van der Waals surface area contributed by atoms with E-state index in [1.54, 1.807) is 0 Å². The van der Waals surface area contributed by atoms with E-state index in [9.17, 15) is 0 Å². The van der Waals surface area contributed by atoms with Crippen LogP contribution in [0.15, 0.2) is 29.5 Å². The van der Waals surface area contributed by atoms with Gasteiger partial charge in [0.15, 0.2) is 0 Å². The molecule has 1 aliphatic rings. The number of hydrogen-bond donors (Lipinski definition) is 0. The smallest absolute Gasteiger partial charge is 0.0992 e. The molecule has 0 aromatic carbocycles. The average Bonchev–Trinajstić information content (AvgIpc) is 2.70. The maximum Gasteiger partial charge on any atom is 0.0992 e. The second-order valence-electron chi connectivity index (χ2n) is 4.66. The van der Waals surface area contributed by atoms with Crippen molar-refractivity contribution in [3.63, 3.8) is 0 Å². The Labute approximate surface area is 104 Å². The Morgan fingerprint density at radius 1 is 1.41 bits per heavy atom. The number of aromatic nitrogens is 1. The van der Waals surface area contributed by atoms with Gasteiger partial charge in [-0.2, -0.15) is 0 Å². The lowest BCUT2D eigenvalue weighted by molar-refractivity contribution is 0.361. The summed E-state index contributed by atoms with van der Waals surface area (Å²) in [6.07, 6.45) is 7.12. The maximum absolute atomic E-state index is 4.63. The summed E-state index contributed by atoms with van der Waals surface area (Å²) in [6, 6.07) is 4.71. The highest BCUT2D eigenvalue weighted by Crippen LogP contribution is 2.14. The van der Waals surface area contributed by atoms with Crippen LogP contribution in [0.5, 0.6) is 0 Å². The predicted octanol–water partition coefficient (Wildman–Crippen LogP) is 2.53. The molecule has 3 nitrogen and oxygen atoms in total. The minimum Gasteiger partial charge on any atom is -0.355 e. The van der Waals surface area contributed by atoms with Gasteiger partial charge in [-0.15, -0.1) is 0 Å². The van der Waals surface area contributed by atoms with Crippen molar-refractivity contribution in [2.75, 3.05) is 13.1 Å². The van der Waals surface area contributed by atoms with Crippen molar-refractivity contribution in [3.8, 4) is 0 Å². The Morgan fingerprint density at radius 2 is 2.29 bits per heavy atom. The molecule has 1 aromatic heterocycles. The van der Waals surface area contributed by atoms with Crippen LogP contribution in [0, 0.1) is 0 Å². The molecule has 0 fully saturated rings. The molecule has 1 aliphatic heterocycles. The standard InChI is InChI=1S/C14H21N3/c1-3-5-14-16-10-12(2)17(14)9-7-13-6-4-8-15-11-13/h4,6,8,11-12H,3,5,7,9-10H2,1-2H3/t12-/m0/s1. The van der Waals surface area contributed by atoms with Gasteiger partial charge in [-0.25, -0.2) is 0 Å². The van der Waals surface area contributed by atoms with Crippen LogP contribution < -0.4 is 0 Å². The summed E-state index contributed by atoms with van der Waals surface area (Å²) >= 11 is 0. The third-order valence-corrected chi connectivity index (χ3v) is 3.24. The molecule has 1 aromatic rings. The number of rotatable bonds is 5. The highest BCUT2D eigenvalue weighted by atomic mass is 15.3. The molecule has 0 aliphatic carbocycles. The molecule has 2 heterocycles. The molecule has 1 atom stereocenters. The fourth-order valence-corrected chi connectivity index (χ4v) is 2.27. The monoisotopic (exact) mass is 231 g/mol. The number of hydrogen-bond acceptors (Lipinski definition) is 3. The molecular weight excluding hydrogens is 210 g/mol. The van der Waals surface area contributed by atoms with E-state index < -0.39 is 0 Å². The molecule has 3 heteroatoms. The van der Waals surface area contributed by atoms with Gasteiger partial charge in [0.25, 0.3) is 0 Å². The van der Waals surface area contributed by atoms with E-state index in [0.29, 0.717) is 6.04 Å². The van der Waals surface area contributed by atoms with E-state index >= 15 is 0 Å². The highest BCUT2D eigenvalue weighted by molar-refractivity contribution is 5.84. The molecule has 0 saturated heterocycles. The van der Waals surface area contributed by atoms with Crippen molar-refractivity contribution in [2.45, 2.75) is 39.2 Å². The molecule has 0 bridgehead atoms. The predicted molar refractivity (Wildman–Crippen MR) is 71.3 cm³/mol. The topological polar surface area (TPSA) is 28.5 Å². The summed E-state index contributed by atoms with van der Waals surface area (Å²) in [7, 11) is 0. The van der Waals surface area contributed by atoms with Crippen molar-refractivity contribution < 1.29 is 0 Å². The third kappa shape index (κ3) is 3.05. The number of nitrogens with zero attached hydrogens (tertiary/aromatic N) is 3. The van der Waals surface area contributed by atoms with Crippen molar-refractivity contribution in [1.29, 1.82) is 0 Å². The van der Waals surface area contributed by atoms with E-state index in [1.807, 2.05) is 18.5 Å². The molecule has 0 unspecified atom stereocenters. The molecule has 0 amide bonds. The van der Waals surface area contributed by atoms with Gasteiger partial charge in [0.1, 0.15) is 0 Å². The van der Waals surface area contributed by atoms with Crippen LogP contribution in [0.1, 0.15) is 32.3 Å². The Bertz CT molecular complexity index is 372. The maximum atomic E-state index is 4.63. The normalized spacial score (nSPS) is 19.5.